The van der Waals surface area contributed by atoms with Crippen LogP contribution in [0.1, 0.15) is 12.5 Å². The Morgan fingerprint density at radius 1 is 1.15 bits per heavy atom. The zero-order chi connectivity index (χ0) is 18.6. The summed E-state index contributed by atoms with van der Waals surface area (Å²) >= 11 is 5.12. The van der Waals surface area contributed by atoms with Crippen LogP contribution in [-0.4, -0.2) is 30.6 Å². The van der Waals surface area contributed by atoms with E-state index in [-0.39, 0.29) is 0 Å². The number of nitrogens with zero attached hydrogens (tertiary/aromatic N) is 3. The van der Waals surface area contributed by atoms with Crippen molar-refractivity contribution in [3.8, 4) is 22.8 Å². The van der Waals surface area contributed by atoms with E-state index in [1.165, 1.54) is 0 Å². The summed E-state index contributed by atoms with van der Waals surface area (Å²) in [5.41, 5.74) is 3.03. The highest BCUT2D eigenvalue weighted by atomic mass is 79.9. The molecule has 0 bridgehead atoms. The molecule has 2 heterocycles. The molecule has 4 rings (SSSR count). The fourth-order valence-electron chi connectivity index (χ4n) is 2.77. The molecule has 1 aliphatic heterocycles. The van der Waals surface area contributed by atoms with Crippen molar-refractivity contribution < 1.29 is 9.47 Å². The molecule has 0 N–H and O–H groups in total. The number of ether oxygens (including phenoxy) is 2. The molecular weight excluding hydrogens is 426 g/mol. The Balaban J connectivity index is 1.73. The van der Waals surface area contributed by atoms with Gasteiger partial charge in [0.05, 0.1) is 11.9 Å². The van der Waals surface area contributed by atoms with Gasteiger partial charge in [0, 0.05) is 22.0 Å². The molecule has 7 heteroatoms. The highest BCUT2D eigenvalue weighted by Gasteiger charge is 2.11. The third-order valence-corrected chi connectivity index (χ3v) is 5.33. The van der Waals surface area contributed by atoms with E-state index >= 15 is 0 Å². The van der Waals surface area contributed by atoms with Gasteiger partial charge >= 0.3 is 0 Å². The second-order valence-electron chi connectivity index (χ2n) is 5.85. The van der Waals surface area contributed by atoms with Crippen molar-refractivity contribution in [2.24, 2.45) is 10.1 Å². The number of thiazole rings is 1. The molecule has 138 valence electrons. The van der Waals surface area contributed by atoms with Gasteiger partial charge in [-0.1, -0.05) is 28.1 Å². The molecule has 0 saturated heterocycles. The summed E-state index contributed by atoms with van der Waals surface area (Å²) in [6.45, 7) is 3.88. The maximum absolute atomic E-state index is 5.65. The van der Waals surface area contributed by atoms with Gasteiger partial charge in [0.25, 0.3) is 0 Å². The van der Waals surface area contributed by atoms with Crippen LogP contribution in [0.2, 0.25) is 0 Å². The van der Waals surface area contributed by atoms with E-state index < -0.39 is 0 Å². The van der Waals surface area contributed by atoms with Crippen LogP contribution >= 0.6 is 27.3 Å². The summed E-state index contributed by atoms with van der Waals surface area (Å²) in [6.07, 6.45) is 1.82. The molecule has 0 atom stereocenters. The maximum Gasteiger partial charge on any atom is 0.206 e. The molecule has 0 aliphatic carbocycles. The molecule has 5 nitrogen and oxygen atoms in total. The number of hydrogen-bond acceptors (Lipinski definition) is 5. The van der Waals surface area contributed by atoms with Crippen molar-refractivity contribution in [2.75, 3.05) is 19.8 Å². The molecule has 0 spiro atoms. The lowest BCUT2D eigenvalue weighted by Gasteiger charge is -2.18. The minimum Gasteiger partial charge on any atom is -0.486 e. The van der Waals surface area contributed by atoms with E-state index in [1.54, 1.807) is 11.3 Å². The average molecular weight is 444 g/mol. The highest BCUT2D eigenvalue weighted by molar-refractivity contribution is 9.10. The van der Waals surface area contributed by atoms with Gasteiger partial charge in [-0.25, -0.2) is 4.68 Å². The number of halogens is 1. The van der Waals surface area contributed by atoms with Crippen LogP contribution in [0.5, 0.6) is 11.5 Å². The van der Waals surface area contributed by atoms with Crippen LogP contribution in [0.3, 0.4) is 0 Å². The number of aromatic nitrogens is 1. The molecule has 0 amide bonds. The van der Waals surface area contributed by atoms with Crippen molar-refractivity contribution in [1.82, 2.24) is 4.68 Å². The standard InChI is InChI=1S/C20H18BrN3O2S/c1-2-22-20-24(17(13-27-20)15-4-3-5-16(21)11-15)23-12-14-6-7-18-19(10-14)26-9-8-25-18/h3-7,10-13H,2,8-9H2,1H3. The summed E-state index contributed by atoms with van der Waals surface area (Å²) in [6, 6.07) is 14.0. The molecule has 1 aromatic heterocycles. The predicted molar refractivity (Wildman–Crippen MR) is 112 cm³/mol. The lowest BCUT2D eigenvalue weighted by molar-refractivity contribution is 0.171. The Kier molecular flexibility index (Phi) is 5.40. The fourth-order valence-corrected chi connectivity index (χ4v) is 4.07. The smallest absolute Gasteiger partial charge is 0.206 e. The topological polar surface area (TPSA) is 48.1 Å². The molecular formula is C20H18BrN3O2S. The molecule has 27 heavy (non-hydrogen) atoms. The van der Waals surface area contributed by atoms with Crippen LogP contribution in [0.4, 0.5) is 0 Å². The SMILES string of the molecule is CCN=c1scc(-c2cccc(Br)c2)n1N=Cc1ccc2c(c1)OCCO2. The Morgan fingerprint density at radius 3 is 2.81 bits per heavy atom. The summed E-state index contributed by atoms with van der Waals surface area (Å²) in [7, 11) is 0. The Labute approximate surface area is 169 Å². The summed E-state index contributed by atoms with van der Waals surface area (Å²) in [4.78, 5) is 5.43. The van der Waals surface area contributed by atoms with E-state index in [1.807, 2.05) is 48.1 Å². The lowest BCUT2D eigenvalue weighted by Crippen LogP contribution is -2.15. The van der Waals surface area contributed by atoms with E-state index in [2.05, 4.69) is 38.4 Å². The molecule has 1 aliphatic rings. The summed E-state index contributed by atoms with van der Waals surface area (Å²) in [5.74, 6) is 1.53. The Hall–Kier alpha value is -2.38. The zero-order valence-corrected chi connectivity index (χ0v) is 17.2. The van der Waals surface area contributed by atoms with Gasteiger partial charge in [0.15, 0.2) is 11.5 Å². The Bertz CT molecular complexity index is 1060. The van der Waals surface area contributed by atoms with E-state index in [0.29, 0.717) is 19.8 Å². The first-order valence-corrected chi connectivity index (χ1v) is 10.3. The predicted octanol–water partition coefficient (Wildman–Crippen LogP) is 4.55. The van der Waals surface area contributed by atoms with Crippen molar-refractivity contribution in [1.29, 1.82) is 0 Å². The Morgan fingerprint density at radius 2 is 2.00 bits per heavy atom. The first-order chi connectivity index (χ1) is 13.2. The number of rotatable bonds is 4. The molecule has 0 radical (unpaired) electrons. The number of benzene rings is 2. The monoisotopic (exact) mass is 443 g/mol. The van der Waals surface area contributed by atoms with Crippen molar-refractivity contribution in [3.05, 3.63) is 62.7 Å². The summed E-state index contributed by atoms with van der Waals surface area (Å²) in [5, 5.41) is 6.79. The molecule has 2 aromatic carbocycles. The number of hydrogen-bond donors (Lipinski definition) is 0. The van der Waals surface area contributed by atoms with Crippen molar-refractivity contribution in [3.63, 3.8) is 0 Å². The van der Waals surface area contributed by atoms with Gasteiger partial charge in [0.1, 0.15) is 13.2 Å². The third-order valence-electron chi connectivity index (χ3n) is 3.99. The van der Waals surface area contributed by atoms with Gasteiger partial charge in [-0.2, -0.15) is 5.10 Å². The van der Waals surface area contributed by atoms with Gasteiger partial charge in [-0.3, -0.25) is 4.99 Å². The first-order valence-electron chi connectivity index (χ1n) is 8.65. The van der Waals surface area contributed by atoms with Crippen molar-refractivity contribution >= 4 is 33.5 Å². The third kappa shape index (κ3) is 3.99. The summed E-state index contributed by atoms with van der Waals surface area (Å²) < 4.78 is 14.1. The van der Waals surface area contributed by atoms with E-state index in [9.17, 15) is 0 Å². The highest BCUT2D eigenvalue weighted by Crippen LogP contribution is 2.30. The minimum atomic E-state index is 0.569. The lowest BCUT2D eigenvalue weighted by atomic mass is 10.2. The zero-order valence-electron chi connectivity index (χ0n) is 14.8. The van der Waals surface area contributed by atoms with E-state index in [0.717, 1.165) is 37.6 Å². The van der Waals surface area contributed by atoms with Crippen LogP contribution in [0.15, 0.2) is 62.4 Å². The van der Waals surface area contributed by atoms with Gasteiger partial charge in [-0.15, -0.1) is 11.3 Å². The first kappa shape index (κ1) is 18.0. The molecule has 3 aromatic rings. The molecule has 0 saturated carbocycles. The minimum absolute atomic E-state index is 0.569. The molecule has 0 fully saturated rings. The van der Waals surface area contributed by atoms with Crippen LogP contribution in [0.25, 0.3) is 11.3 Å². The largest absolute Gasteiger partial charge is 0.486 e. The average Bonchev–Trinajstić information content (AvgIpc) is 3.09. The van der Waals surface area contributed by atoms with Crippen LogP contribution < -0.4 is 14.3 Å². The van der Waals surface area contributed by atoms with Gasteiger partial charge < -0.3 is 9.47 Å². The maximum atomic E-state index is 5.65. The van der Waals surface area contributed by atoms with Crippen LogP contribution in [0, 0.1) is 0 Å². The van der Waals surface area contributed by atoms with Gasteiger partial charge in [0.2, 0.25) is 4.80 Å². The number of fused-ring (bicyclic) bond motifs is 1. The molecule has 0 unspecified atom stereocenters. The van der Waals surface area contributed by atoms with E-state index in [4.69, 9.17) is 14.6 Å². The fraction of sp³-hybridized carbons (Fsp3) is 0.200. The second-order valence-corrected chi connectivity index (χ2v) is 7.60. The van der Waals surface area contributed by atoms with Crippen LogP contribution in [-0.2, 0) is 0 Å². The quantitative estimate of drug-likeness (QED) is 0.555. The second kappa shape index (κ2) is 8.10. The van der Waals surface area contributed by atoms with Gasteiger partial charge in [-0.05, 0) is 42.8 Å². The van der Waals surface area contributed by atoms with Crippen molar-refractivity contribution in [2.45, 2.75) is 6.92 Å². The normalized spacial score (nSPS) is 14.1.